The maximum Gasteiger partial charge on any atom is 0.223 e. The molecule has 5 nitrogen and oxygen atoms in total. The van der Waals surface area contributed by atoms with Crippen LogP contribution in [0.15, 0.2) is 30.3 Å². The molecule has 1 amide bonds. The van der Waals surface area contributed by atoms with Gasteiger partial charge < -0.3 is 15.3 Å². The maximum atomic E-state index is 12.3. The molecule has 0 saturated carbocycles. The molecule has 2 unspecified atom stereocenters. The van der Waals surface area contributed by atoms with Crippen LogP contribution in [0.4, 0.5) is 0 Å². The van der Waals surface area contributed by atoms with Gasteiger partial charge in [0.2, 0.25) is 5.91 Å². The third-order valence-electron chi connectivity index (χ3n) is 5.26. The number of aliphatic hydroxyl groups excluding tert-OH is 1. The zero-order chi connectivity index (χ0) is 16.8. The number of likely N-dealkylation sites (tertiary alicyclic amines) is 1. The first-order chi connectivity index (χ1) is 11.7. The number of amides is 1. The summed E-state index contributed by atoms with van der Waals surface area (Å²) in [5.74, 6) is 0.269. The number of nitrogens with zero attached hydrogens (tertiary/aromatic N) is 2. The van der Waals surface area contributed by atoms with Crippen molar-refractivity contribution >= 4 is 5.91 Å². The largest absolute Gasteiger partial charge is 0.388 e. The molecule has 2 aliphatic heterocycles. The number of hydrogen-bond donors (Lipinski definition) is 2. The standard InChI is InChI=1S/C19H29N3O2/c23-18(16-5-2-1-3-6-16)15-17-7-4-11-21(17)12-8-19(24)22-13-9-20-10-14-22/h1-3,5-6,17-18,20,23H,4,7-15H2. The molecule has 0 aliphatic carbocycles. The van der Waals surface area contributed by atoms with Crippen LogP contribution in [-0.2, 0) is 4.79 Å². The number of hydrogen-bond acceptors (Lipinski definition) is 4. The van der Waals surface area contributed by atoms with Crippen molar-refractivity contribution in [3.8, 4) is 0 Å². The molecule has 0 spiro atoms. The Labute approximate surface area is 144 Å². The fraction of sp³-hybridized carbons (Fsp3) is 0.632. The summed E-state index contributed by atoms with van der Waals surface area (Å²) in [6.45, 7) is 5.32. The van der Waals surface area contributed by atoms with E-state index in [1.165, 1.54) is 0 Å². The molecule has 2 heterocycles. The minimum absolute atomic E-state index is 0.269. The smallest absolute Gasteiger partial charge is 0.223 e. The number of carbonyl (C=O) groups is 1. The number of benzene rings is 1. The molecule has 24 heavy (non-hydrogen) atoms. The molecule has 2 saturated heterocycles. The molecule has 0 radical (unpaired) electrons. The monoisotopic (exact) mass is 331 g/mol. The third-order valence-corrected chi connectivity index (χ3v) is 5.26. The van der Waals surface area contributed by atoms with E-state index in [9.17, 15) is 9.90 Å². The Bertz CT molecular complexity index is 517. The zero-order valence-electron chi connectivity index (χ0n) is 14.4. The number of carbonyl (C=O) groups excluding carboxylic acids is 1. The van der Waals surface area contributed by atoms with Crippen LogP contribution >= 0.6 is 0 Å². The highest BCUT2D eigenvalue weighted by molar-refractivity contribution is 5.76. The van der Waals surface area contributed by atoms with Crippen molar-refractivity contribution in [1.29, 1.82) is 0 Å². The van der Waals surface area contributed by atoms with Crippen LogP contribution < -0.4 is 5.32 Å². The lowest BCUT2D eigenvalue weighted by atomic mass is 10.0. The second-order valence-electron chi connectivity index (χ2n) is 6.87. The number of aliphatic hydroxyl groups is 1. The van der Waals surface area contributed by atoms with Crippen LogP contribution in [-0.4, -0.2) is 66.1 Å². The highest BCUT2D eigenvalue weighted by atomic mass is 16.3. The lowest BCUT2D eigenvalue weighted by Gasteiger charge is -2.30. The Morgan fingerprint density at radius 3 is 2.71 bits per heavy atom. The van der Waals surface area contributed by atoms with Crippen LogP contribution in [0.5, 0.6) is 0 Å². The first-order valence-electron chi connectivity index (χ1n) is 9.19. The summed E-state index contributed by atoms with van der Waals surface area (Å²) >= 11 is 0. The van der Waals surface area contributed by atoms with Crippen molar-refractivity contribution in [3.63, 3.8) is 0 Å². The van der Waals surface area contributed by atoms with Gasteiger partial charge in [-0.2, -0.15) is 0 Å². The van der Waals surface area contributed by atoms with E-state index in [1.807, 2.05) is 35.2 Å². The summed E-state index contributed by atoms with van der Waals surface area (Å²) in [4.78, 5) is 16.7. The van der Waals surface area contributed by atoms with Gasteiger partial charge in [0, 0.05) is 45.2 Å². The average molecular weight is 331 g/mol. The summed E-state index contributed by atoms with van der Waals surface area (Å²) in [7, 11) is 0. The van der Waals surface area contributed by atoms with E-state index in [0.29, 0.717) is 12.5 Å². The molecular formula is C19H29N3O2. The molecule has 0 bridgehead atoms. The van der Waals surface area contributed by atoms with E-state index in [2.05, 4.69) is 10.2 Å². The molecule has 1 aromatic carbocycles. The SMILES string of the molecule is O=C(CCN1CCCC1CC(O)c1ccccc1)N1CCNCC1. The fourth-order valence-electron chi connectivity index (χ4n) is 3.84. The Morgan fingerprint density at radius 2 is 1.96 bits per heavy atom. The molecule has 1 aromatic rings. The Balaban J connectivity index is 1.47. The van der Waals surface area contributed by atoms with Gasteiger partial charge in [0.05, 0.1) is 6.10 Å². The Kier molecular flexibility index (Phi) is 6.24. The molecule has 0 aromatic heterocycles. The number of rotatable bonds is 6. The minimum atomic E-state index is -0.416. The Morgan fingerprint density at radius 1 is 1.21 bits per heavy atom. The van der Waals surface area contributed by atoms with Crippen LogP contribution in [0.2, 0.25) is 0 Å². The summed E-state index contributed by atoms with van der Waals surface area (Å²) < 4.78 is 0. The van der Waals surface area contributed by atoms with E-state index in [0.717, 1.165) is 64.1 Å². The molecule has 2 atom stereocenters. The van der Waals surface area contributed by atoms with Crippen molar-refractivity contribution in [3.05, 3.63) is 35.9 Å². The first kappa shape index (κ1) is 17.4. The van der Waals surface area contributed by atoms with Crippen molar-refractivity contribution in [1.82, 2.24) is 15.1 Å². The highest BCUT2D eigenvalue weighted by Crippen LogP contribution is 2.27. The minimum Gasteiger partial charge on any atom is -0.388 e. The Hall–Kier alpha value is -1.43. The van der Waals surface area contributed by atoms with Gasteiger partial charge in [0.25, 0.3) is 0 Å². The number of piperazine rings is 1. The van der Waals surface area contributed by atoms with Gasteiger partial charge in [-0.25, -0.2) is 0 Å². The molecular weight excluding hydrogens is 302 g/mol. The summed E-state index contributed by atoms with van der Waals surface area (Å²) in [5, 5.41) is 13.8. The van der Waals surface area contributed by atoms with E-state index >= 15 is 0 Å². The molecule has 2 fully saturated rings. The summed E-state index contributed by atoms with van der Waals surface area (Å²) in [6, 6.07) is 10.3. The third kappa shape index (κ3) is 4.56. The molecule has 3 rings (SSSR count). The average Bonchev–Trinajstić information content (AvgIpc) is 3.08. The normalized spacial score (nSPS) is 23.4. The van der Waals surface area contributed by atoms with Crippen molar-refractivity contribution < 1.29 is 9.90 Å². The fourth-order valence-corrected chi connectivity index (χ4v) is 3.84. The topological polar surface area (TPSA) is 55.8 Å². The van der Waals surface area contributed by atoms with E-state index in [4.69, 9.17) is 0 Å². The highest BCUT2D eigenvalue weighted by Gasteiger charge is 2.28. The van der Waals surface area contributed by atoms with Crippen molar-refractivity contribution in [2.45, 2.75) is 37.8 Å². The van der Waals surface area contributed by atoms with Gasteiger partial charge in [-0.3, -0.25) is 9.69 Å². The van der Waals surface area contributed by atoms with Gasteiger partial charge in [0.15, 0.2) is 0 Å². The van der Waals surface area contributed by atoms with Crippen LogP contribution in [0.3, 0.4) is 0 Å². The van der Waals surface area contributed by atoms with Gasteiger partial charge >= 0.3 is 0 Å². The maximum absolute atomic E-state index is 12.3. The van der Waals surface area contributed by atoms with E-state index in [-0.39, 0.29) is 5.91 Å². The molecule has 132 valence electrons. The van der Waals surface area contributed by atoms with Gasteiger partial charge in [0.1, 0.15) is 0 Å². The second-order valence-corrected chi connectivity index (χ2v) is 6.87. The van der Waals surface area contributed by atoms with Crippen LogP contribution in [0.25, 0.3) is 0 Å². The lowest BCUT2D eigenvalue weighted by molar-refractivity contribution is -0.132. The number of nitrogens with one attached hydrogen (secondary N) is 1. The second kappa shape index (κ2) is 8.60. The predicted molar refractivity (Wildman–Crippen MR) is 94.7 cm³/mol. The lowest BCUT2D eigenvalue weighted by Crippen LogP contribution is -2.47. The van der Waals surface area contributed by atoms with Crippen molar-refractivity contribution in [2.24, 2.45) is 0 Å². The van der Waals surface area contributed by atoms with Gasteiger partial charge in [-0.15, -0.1) is 0 Å². The predicted octanol–water partition coefficient (Wildman–Crippen LogP) is 1.40. The van der Waals surface area contributed by atoms with E-state index in [1.54, 1.807) is 0 Å². The van der Waals surface area contributed by atoms with Gasteiger partial charge in [-0.1, -0.05) is 30.3 Å². The molecule has 2 aliphatic rings. The van der Waals surface area contributed by atoms with Crippen LogP contribution in [0, 0.1) is 0 Å². The molecule has 5 heteroatoms. The van der Waals surface area contributed by atoms with E-state index < -0.39 is 6.10 Å². The van der Waals surface area contributed by atoms with Gasteiger partial charge in [-0.05, 0) is 31.4 Å². The summed E-state index contributed by atoms with van der Waals surface area (Å²) in [6.07, 6.45) is 3.21. The quantitative estimate of drug-likeness (QED) is 0.827. The first-order valence-corrected chi connectivity index (χ1v) is 9.19. The summed E-state index contributed by atoms with van der Waals surface area (Å²) in [5.41, 5.74) is 0.987. The van der Waals surface area contributed by atoms with Crippen molar-refractivity contribution in [2.75, 3.05) is 39.3 Å². The zero-order valence-corrected chi connectivity index (χ0v) is 14.4. The van der Waals surface area contributed by atoms with Crippen LogP contribution in [0.1, 0.15) is 37.4 Å². The molecule has 2 N–H and O–H groups in total.